The molecule has 0 fully saturated rings. The number of para-hydroxylation sites is 1. The van der Waals surface area contributed by atoms with Crippen molar-refractivity contribution in [1.29, 1.82) is 0 Å². The Kier molecular flexibility index (Phi) is 7.77. The summed E-state index contributed by atoms with van der Waals surface area (Å²) in [4.78, 5) is 35.7. The number of anilines is 1. The fraction of sp³-hybridized carbons (Fsp3) is 0.318. The highest BCUT2D eigenvalue weighted by atomic mass is 16.6. The molecule has 154 valence electrons. The van der Waals surface area contributed by atoms with Crippen LogP contribution in [0.5, 0.6) is 5.75 Å². The van der Waals surface area contributed by atoms with Crippen LogP contribution in [0.25, 0.3) is 0 Å². The number of carbonyl (C=O) groups is 3. The Hall–Kier alpha value is -3.35. The number of esters is 2. The standard InChI is InChI=1S/C22H25NO6/c1-14(2)16-10-9-15(3)11-19(16)28-13-21(25)29-12-20(24)23-18-8-6-5-7-17(18)22(26)27-4/h5-11,14H,12-13H2,1-4H3,(H,23,24). The highest BCUT2D eigenvalue weighted by Crippen LogP contribution is 2.27. The third-order valence-electron chi connectivity index (χ3n) is 4.11. The SMILES string of the molecule is COC(=O)c1ccccc1NC(=O)COC(=O)COc1cc(C)ccc1C(C)C. The van der Waals surface area contributed by atoms with Gasteiger partial charge in [0.25, 0.3) is 5.91 Å². The summed E-state index contributed by atoms with van der Waals surface area (Å²) in [6.45, 7) is 5.20. The summed E-state index contributed by atoms with van der Waals surface area (Å²) in [5.74, 6) is -0.966. The van der Waals surface area contributed by atoms with Crippen molar-refractivity contribution >= 4 is 23.5 Å². The number of methoxy groups -OCH3 is 1. The number of aryl methyl sites for hydroxylation is 1. The molecule has 0 saturated carbocycles. The van der Waals surface area contributed by atoms with E-state index in [0.717, 1.165) is 11.1 Å². The molecule has 7 heteroatoms. The molecule has 1 amide bonds. The molecule has 0 bridgehead atoms. The van der Waals surface area contributed by atoms with Crippen LogP contribution in [0.2, 0.25) is 0 Å². The second-order valence-electron chi connectivity index (χ2n) is 6.73. The van der Waals surface area contributed by atoms with Crippen LogP contribution in [0.3, 0.4) is 0 Å². The van der Waals surface area contributed by atoms with E-state index in [1.165, 1.54) is 13.2 Å². The average Bonchev–Trinajstić information content (AvgIpc) is 2.70. The Bertz CT molecular complexity index is 891. The van der Waals surface area contributed by atoms with Gasteiger partial charge in [-0.25, -0.2) is 9.59 Å². The van der Waals surface area contributed by atoms with Crippen molar-refractivity contribution in [2.45, 2.75) is 26.7 Å². The molecule has 2 rings (SSSR count). The predicted molar refractivity (Wildman–Crippen MR) is 108 cm³/mol. The van der Waals surface area contributed by atoms with Crippen LogP contribution in [0.1, 0.15) is 41.3 Å². The Morgan fingerprint density at radius 1 is 1.03 bits per heavy atom. The molecule has 1 N–H and O–H groups in total. The molecule has 0 heterocycles. The van der Waals surface area contributed by atoms with Crippen LogP contribution < -0.4 is 10.1 Å². The first-order valence-corrected chi connectivity index (χ1v) is 9.18. The molecule has 0 aliphatic heterocycles. The first-order chi connectivity index (χ1) is 13.8. The summed E-state index contributed by atoms with van der Waals surface area (Å²) < 4.78 is 15.2. The van der Waals surface area contributed by atoms with Gasteiger partial charge in [-0.15, -0.1) is 0 Å². The smallest absolute Gasteiger partial charge is 0.344 e. The van der Waals surface area contributed by atoms with E-state index in [9.17, 15) is 14.4 Å². The lowest BCUT2D eigenvalue weighted by Crippen LogP contribution is -2.24. The molecular weight excluding hydrogens is 374 g/mol. The molecule has 0 spiro atoms. The first kappa shape index (κ1) is 21.9. The number of carbonyl (C=O) groups excluding carboxylic acids is 3. The quantitative estimate of drug-likeness (QED) is 0.684. The Morgan fingerprint density at radius 2 is 1.76 bits per heavy atom. The Morgan fingerprint density at radius 3 is 2.45 bits per heavy atom. The van der Waals surface area contributed by atoms with E-state index >= 15 is 0 Å². The minimum Gasteiger partial charge on any atom is -0.482 e. The van der Waals surface area contributed by atoms with Gasteiger partial charge in [0.15, 0.2) is 13.2 Å². The molecule has 0 unspecified atom stereocenters. The third kappa shape index (κ3) is 6.34. The van der Waals surface area contributed by atoms with Crippen molar-refractivity contribution in [2.24, 2.45) is 0 Å². The largest absolute Gasteiger partial charge is 0.482 e. The Balaban J connectivity index is 1.88. The van der Waals surface area contributed by atoms with Crippen molar-refractivity contribution in [1.82, 2.24) is 0 Å². The second kappa shape index (κ2) is 10.3. The van der Waals surface area contributed by atoms with Gasteiger partial charge in [0.2, 0.25) is 0 Å². The van der Waals surface area contributed by atoms with Gasteiger partial charge in [-0.05, 0) is 42.2 Å². The van der Waals surface area contributed by atoms with Gasteiger partial charge in [-0.3, -0.25) is 4.79 Å². The molecule has 0 radical (unpaired) electrons. The number of hydrogen-bond donors (Lipinski definition) is 1. The summed E-state index contributed by atoms with van der Waals surface area (Å²) >= 11 is 0. The van der Waals surface area contributed by atoms with Crippen molar-refractivity contribution in [3.8, 4) is 5.75 Å². The molecule has 0 atom stereocenters. The van der Waals surface area contributed by atoms with E-state index in [2.05, 4.69) is 10.1 Å². The van der Waals surface area contributed by atoms with Crippen LogP contribution in [0, 0.1) is 6.92 Å². The van der Waals surface area contributed by atoms with Crippen LogP contribution in [0.4, 0.5) is 5.69 Å². The van der Waals surface area contributed by atoms with E-state index in [1.54, 1.807) is 18.2 Å². The zero-order valence-electron chi connectivity index (χ0n) is 17.0. The van der Waals surface area contributed by atoms with E-state index in [-0.39, 0.29) is 23.8 Å². The summed E-state index contributed by atoms with van der Waals surface area (Å²) in [6.07, 6.45) is 0. The summed E-state index contributed by atoms with van der Waals surface area (Å²) in [5, 5.41) is 2.53. The van der Waals surface area contributed by atoms with Gasteiger partial charge in [0.1, 0.15) is 5.75 Å². The van der Waals surface area contributed by atoms with Crippen LogP contribution in [-0.4, -0.2) is 38.2 Å². The number of ether oxygens (including phenoxy) is 3. The maximum atomic E-state index is 12.1. The minimum absolute atomic E-state index is 0.207. The maximum absolute atomic E-state index is 12.1. The van der Waals surface area contributed by atoms with E-state index in [4.69, 9.17) is 9.47 Å². The number of nitrogens with one attached hydrogen (secondary N) is 1. The van der Waals surface area contributed by atoms with Gasteiger partial charge in [0, 0.05) is 0 Å². The third-order valence-corrected chi connectivity index (χ3v) is 4.11. The lowest BCUT2D eigenvalue weighted by atomic mass is 10.0. The van der Waals surface area contributed by atoms with E-state index in [0.29, 0.717) is 5.75 Å². The maximum Gasteiger partial charge on any atom is 0.344 e. The lowest BCUT2D eigenvalue weighted by Gasteiger charge is -2.14. The zero-order valence-corrected chi connectivity index (χ0v) is 17.0. The molecule has 0 saturated heterocycles. The van der Waals surface area contributed by atoms with E-state index in [1.807, 2.05) is 39.0 Å². The highest BCUT2D eigenvalue weighted by molar-refractivity contribution is 6.01. The number of hydrogen-bond acceptors (Lipinski definition) is 6. The normalized spacial score (nSPS) is 10.4. The van der Waals surface area contributed by atoms with Crippen molar-refractivity contribution in [2.75, 3.05) is 25.6 Å². The van der Waals surface area contributed by atoms with Crippen molar-refractivity contribution in [3.05, 3.63) is 59.2 Å². The summed E-state index contributed by atoms with van der Waals surface area (Å²) in [7, 11) is 1.25. The average molecular weight is 399 g/mol. The van der Waals surface area contributed by atoms with Crippen molar-refractivity contribution in [3.63, 3.8) is 0 Å². The molecule has 29 heavy (non-hydrogen) atoms. The molecule has 2 aromatic carbocycles. The van der Waals surface area contributed by atoms with Crippen LogP contribution >= 0.6 is 0 Å². The van der Waals surface area contributed by atoms with Crippen LogP contribution in [0.15, 0.2) is 42.5 Å². The summed E-state index contributed by atoms with van der Waals surface area (Å²) in [6, 6.07) is 12.2. The fourth-order valence-electron chi connectivity index (χ4n) is 2.63. The number of benzene rings is 2. The first-order valence-electron chi connectivity index (χ1n) is 9.18. The lowest BCUT2D eigenvalue weighted by molar-refractivity contribution is -0.149. The predicted octanol–water partition coefficient (Wildman–Crippen LogP) is 3.47. The van der Waals surface area contributed by atoms with E-state index < -0.39 is 24.5 Å². The van der Waals surface area contributed by atoms with Gasteiger partial charge in [-0.2, -0.15) is 0 Å². The Labute approximate surface area is 170 Å². The number of amides is 1. The minimum atomic E-state index is -0.669. The molecule has 0 aromatic heterocycles. The monoisotopic (exact) mass is 399 g/mol. The number of rotatable bonds is 8. The van der Waals surface area contributed by atoms with Crippen molar-refractivity contribution < 1.29 is 28.6 Å². The van der Waals surface area contributed by atoms with Gasteiger partial charge in [0.05, 0.1) is 18.4 Å². The van der Waals surface area contributed by atoms with Gasteiger partial charge >= 0.3 is 11.9 Å². The molecule has 0 aliphatic carbocycles. The molecule has 0 aliphatic rings. The molecule has 7 nitrogen and oxygen atoms in total. The van der Waals surface area contributed by atoms with Crippen LogP contribution in [-0.2, 0) is 19.1 Å². The molecule has 2 aromatic rings. The molecular formula is C22H25NO6. The second-order valence-corrected chi connectivity index (χ2v) is 6.73. The summed E-state index contributed by atoms with van der Waals surface area (Å²) in [5.41, 5.74) is 2.48. The zero-order chi connectivity index (χ0) is 21.4. The fourth-order valence-corrected chi connectivity index (χ4v) is 2.63. The topological polar surface area (TPSA) is 90.9 Å². The highest BCUT2D eigenvalue weighted by Gasteiger charge is 2.15. The van der Waals surface area contributed by atoms with Gasteiger partial charge in [-0.1, -0.05) is 38.1 Å². The van der Waals surface area contributed by atoms with Gasteiger partial charge < -0.3 is 19.5 Å².